The SMILES string of the molecule is CCN(CC)CCN(CCOC)C(=O)C1CCNC1.Cl.Cl. The highest BCUT2D eigenvalue weighted by atomic mass is 35.5. The van der Waals surface area contributed by atoms with Crippen molar-refractivity contribution in [2.75, 3.05) is 59.5 Å². The van der Waals surface area contributed by atoms with Crippen molar-refractivity contribution in [3.8, 4) is 0 Å². The third-order valence-corrected chi connectivity index (χ3v) is 3.87. The first kappa shape index (κ1) is 23.2. The van der Waals surface area contributed by atoms with Crippen molar-refractivity contribution in [1.29, 1.82) is 0 Å². The van der Waals surface area contributed by atoms with Crippen molar-refractivity contribution in [2.24, 2.45) is 5.92 Å². The molecular weight excluding hydrogens is 313 g/mol. The third-order valence-electron chi connectivity index (χ3n) is 3.87. The van der Waals surface area contributed by atoms with Gasteiger partial charge >= 0.3 is 0 Å². The minimum Gasteiger partial charge on any atom is -0.383 e. The van der Waals surface area contributed by atoms with Gasteiger partial charge in [0.15, 0.2) is 0 Å². The Kier molecular flexibility index (Phi) is 15.0. The van der Waals surface area contributed by atoms with E-state index in [1.165, 1.54) is 0 Å². The second-order valence-corrected chi connectivity index (χ2v) is 5.03. The van der Waals surface area contributed by atoms with Gasteiger partial charge in [-0.2, -0.15) is 0 Å². The van der Waals surface area contributed by atoms with E-state index in [2.05, 4.69) is 24.1 Å². The maximum Gasteiger partial charge on any atom is 0.227 e. The zero-order valence-electron chi connectivity index (χ0n) is 13.5. The van der Waals surface area contributed by atoms with E-state index in [1.54, 1.807) is 7.11 Å². The number of carbonyl (C=O) groups is 1. The minimum atomic E-state index is 0. The van der Waals surface area contributed by atoms with Crippen LogP contribution in [-0.2, 0) is 9.53 Å². The molecule has 1 N–H and O–H groups in total. The van der Waals surface area contributed by atoms with Crippen LogP contribution in [0.3, 0.4) is 0 Å². The molecule has 128 valence electrons. The number of amides is 1. The van der Waals surface area contributed by atoms with Gasteiger partial charge in [0.25, 0.3) is 0 Å². The molecule has 1 rings (SSSR count). The number of carbonyl (C=O) groups excluding carboxylic acids is 1. The molecule has 0 bridgehead atoms. The number of methoxy groups -OCH3 is 1. The van der Waals surface area contributed by atoms with E-state index in [0.717, 1.165) is 45.7 Å². The lowest BCUT2D eigenvalue weighted by Crippen LogP contribution is -2.43. The summed E-state index contributed by atoms with van der Waals surface area (Å²) in [5.41, 5.74) is 0. The summed E-state index contributed by atoms with van der Waals surface area (Å²) >= 11 is 0. The minimum absolute atomic E-state index is 0. The Labute approximate surface area is 141 Å². The Hall–Kier alpha value is -0.0700. The van der Waals surface area contributed by atoms with Crippen LogP contribution >= 0.6 is 24.8 Å². The molecule has 0 saturated carbocycles. The predicted molar refractivity (Wildman–Crippen MR) is 91.7 cm³/mol. The molecular formula is C14H31Cl2N3O2. The first-order chi connectivity index (χ1) is 9.22. The molecule has 1 unspecified atom stereocenters. The monoisotopic (exact) mass is 343 g/mol. The molecule has 1 aliphatic rings. The molecule has 1 fully saturated rings. The van der Waals surface area contributed by atoms with Crippen molar-refractivity contribution in [3.05, 3.63) is 0 Å². The van der Waals surface area contributed by atoms with Crippen LogP contribution in [0, 0.1) is 5.92 Å². The number of hydrogen-bond donors (Lipinski definition) is 1. The largest absolute Gasteiger partial charge is 0.383 e. The van der Waals surface area contributed by atoms with E-state index in [1.807, 2.05) is 4.90 Å². The summed E-state index contributed by atoms with van der Waals surface area (Å²) in [7, 11) is 1.68. The van der Waals surface area contributed by atoms with Gasteiger partial charge in [-0.25, -0.2) is 0 Å². The van der Waals surface area contributed by atoms with Crippen molar-refractivity contribution >= 4 is 30.7 Å². The summed E-state index contributed by atoms with van der Waals surface area (Å²) in [5.74, 6) is 0.447. The van der Waals surface area contributed by atoms with Gasteiger partial charge in [0.05, 0.1) is 12.5 Å². The number of hydrogen-bond acceptors (Lipinski definition) is 4. The quantitative estimate of drug-likeness (QED) is 0.684. The van der Waals surface area contributed by atoms with Crippen LogP contribution in [0.25, 0.3) is 0 Å². The molecule has 0 aromatic carbocycles. The maximum atomic E-state index is 12.5. The molecule has 7 heteroatoms. The highest BCUT2D eigenvalue weighted by Gasteiger charge is 2.26. The van der Waals surface area contributed by atoms with Crippen molar-refractivity contribution < 1.29 is 9.53 Å². The summed E-state index contributed by atoms with van der Waals surface area (Å²) in [6.07, 6.45) is 0.966. The molecule has 5 nitrogen and oxygen atoms in total. The van der Waals surface area contributed by atoms with Gasteiger partial charge in [-0.1, -0.05) is 13.8 Å². The second-order valence-electron chi connectivity index (χ2n) is 5.03. The highest BCUT2D eigenvalue weighted by Crippen LogP contribution is 2.11. The summed E-state index contributed by atoms with van der Waals surface area (Å²) in [4.78, 5) is 16.8. The Morgan fingerprint density at radius 1 is 1.19 bits per heavy atom. The van der Waals surface area contributed by atoms with E-state index in [4.69, 9.17) is 4.74 Å². The van der Waals surface area contributed by atoms with Gasteiger partial charge in [-0.3, -0.25) is 4.79 Å². The Morgan fingerprint density at radius 2 is 1.86 bits per heavy atom. The molecule has 0 aliphatic carbocycles. The molecule has 0 radical (unpaired) electrons. The van der Waals surface area contributed by atoms with Gasteiger partial charge in [-0.05, 0) is 26.1 Å². The summed E-state index contributed by atoms with van der Waals surface area (Å²) < 4.78 is 5.12. The fraction of sp³-hybridized carbons (Fsp3) is 0.929. The molecule has 0 aromatic heterocycles. The van der Waals surface area contributed by atoms with Gasteiger partial charge < -0.3 is 19.9 Å². The van der Waals surface area contributed by atoms with Gasteiger partial charge in [-0.15, -0.1) is 24.8 Å². The zero-order chi connectivity index (χ0) is 14.1. The highest BCUT2D eigenvalue weighted by molar-refractivity contribution is 5.85. The van der Waals surface area contributed by atoms with Crippen LogP contribution in [-0.4, -0.2) is 75.2 Å². The summed E-state index contributed by atoms with van der Waals surface area (Å²) in [6, 6.07) is 0. The lowest BCUT2D eigenvalue weighted by atomic mass is 10.1. The van der Waals surface area contributed by atoms with E-state index < -0.39 is 0 Å². The Morgan fingerprint density at radius 3 is 2.33 bits per heavy atom. The smallest absolute Gasteiger partial charge is 0.227 e. The molecule has 1 heterocycles. The fourth-order valence-corrected chi connectivity index (χ4v) is 2.46. The third kappa shape index (κ3) is 8.21. The normalized spacial score (nSPS) is 17.2. The van der Waals surface area contributed by atoms with E-state index in [9.17, 15) is 4.79 Å². The molecule has 1 amide bonds. The van der Waals surface area contributed by atoms with Crippen LogP contribution in [0.2, 0.25) is 0 Å². The number of rotatable bonds is 9. The predicted octanol–water partition coefficient (Wildman–Crippen LogP) is 1.26. The van der Waals surface area contributed by atoms with Gasteiger partial charge in [0.2, 0.25) is 5.91 Å². The van der Waals surface area contributed by atoms with Crippen LogP contribution in [0.15, 0.2) is 0 Å². The number of likely N-dealkylation sites (N-methyl/N-ethyl adjacent to an activating group) is 1. The van der Waals surface area contributed by atoms with E-state index in [0.29, 0.717) is 13.2 Å². The van der Waals surface area contributed by atoms with Crippen molar-refractivity contribution in [2.45, 2.75) is 20.3 Å². The zero-order valence-corrected chi connectivity index (χ0v) is 15.1. The average Bonchev–Trinajstić information content (AvgIpc) is 2.96. The van der Waals surface area contributed by atoms with Crippen LogP contribution in [0.5, 0.6) is 0 Å². The van der Waals surface area contributed by atoms with E-state index >= 15 is 0 Å². The van der Waals surface area contributed by atoms with Crippen LogP contribution in [0.4, 0.5) is 0 Å². The van der Waals surface area contributed by atoms with Crippen LogP contribution < -0.4 is 5.32 Å². The summed E-state index contributed by atoms with van der Waals surface area (Å²) in [5, 5.41) is 3.26. The standard InChI is InChI=1S/C14H29N3O2.2ClH/c1-4-16(5-2)8-9-17(10-11-19-3)14(18)13-6-7-15-12-13;;/h13,15H,4-12H2,1-3H3;2*1H. The van der Waals surface area contributed by atoms with Gasteiger partial charge in [0.1, 0.15) is 0 Å². The lowest BCUT2D eigenvalue weighted by Gasteiger charge is -2.28. The fourth-order valence-electron chi connectivity index (χ4n) is 2.46. The first-order valence-electron chi connectivity index (χ1n) is 7.43. The van der Waals surface area contributed by atoms with E-state index in [-0.39, 0.29) is 36.6 Å². The lowest BCUT2D eigenvalue weighted by molar-refractivity contribution is -0.135. The molecule has 1 aliphatic heterocycles. The van der Waals surface area contributed by atoms with Gasteiger partial charge in [0, 0.05) is 33.3 Å². The number of halogens is 2. The molecule has 1 saturated heterocycles. The number of ether oxygens (including phenoxy) is 1. The molecule has 21 heavy (non-hydrogen) atoms. The first-order valence-corrected chi connectivity index (χ1v) is 7.43. The average molecular weight is 344 g/mol. The second kappa shape index (κ2) is 13.6. The number of nitrogens with zero attached hydrogens (tertiary/aromatic N) is 2. The topological polar surface area (TPSA) is 44.8 Å². The Bertz CT molecular complexity index is 261. The molecule has 1 atom stereocenters. The van der Waals surface area contributed by atoms with Crippen molar-refractivity contribution in [1.82, 2.24) is 15.1 Å². The maximum absolute atomic E-state index is 12.5. The molecule has 0 aromatic rings. The molecule has 0 spiro atoms. The van der Waals surface area contributed by atoms with Crippen molar-refractivity contribution in [3.63, 3.8) is 0 Å². The van der Waals surface area contributed by atoms with Crippen LogP contribution in [0.1, 0.15) is 20.3 Å². The summed E-state index contributed by atoms with van der Waals surface area (Å²) in [6.45, 7) is 11.2. The number of nitrogens with one attached hydrogen (secondary N) is 1. The Balaban J connectivity index is 0.